The summed E-state index contributed by atoms with van der Waals surface area (Å²) in [5.41, 5.74) is -1.56. The molecule has 1 aliphatic rings. The third-order valence-corrected chi connectivity index (χ3v) is 3.53. The van der Waals surface area contributed by atoms with Crippen molar-refractivity contribution in [2.24, 2.45) is 4.99 Å². The lowest BCUT2D eigenvalue weighted by Crippen LogP contribution is -2.22. The molecule has 0 radical (unpaired) electrons. The van der Waals surface area contributed by atoms with E-state index in [9.17, 15) is 18.7 Å². The van der Waals surface area contributed by atoms with Crippen LogP contribution in [-0.2, 0) is 10.3 Å². The molecule has 0 aromatic heterocycles. The fourth-order valence-electron chi connectivity index (χ4n) is 2.64. The van der Waals surface area contributed by atoms with E-state index < -0.39 is 22.9 Å². The number of methoxy groups -OCH3 is 1. The number of benzene rings is 1. The second kappa shape index (κ2) is 4.97. The van der Waals surface area contributed by atoms with Gasteiger partial charge in [0.1, 0.15) is 5.54 Å². The number of phenols is 1. The van der Waals surface area contributed by atoms with E-state index in [0.29, 0.717) is 25.7 Å². The topological polar surface area (TPSA) is 58.9 Å². The molecule has 0 aliphatic heterocycles. The summed E-state index contributed by atoms with van der Waals surface area (Å²) in [6.07, 6.45) is 3.54. The van der Waals surface area contributed by atoms with Gasteiger partial charge in [-0.3, -0.25) is 0 Å². The maximum Gasteiger partial charge on any atom is 0.235 e. The Morgan fingerprint density at radius 3 is 2.58 bits per heavy atom. The first kappa shape index (κ1) is 13.5. The zero-order chi connectivity index (χ0) is 14.0. The molecule has 1 aromatic rings. The van der Waals surface area contributed by atoms with Gasteiger partial charge < -0.3 is 9.84 Å². The normalized spacial score (nSPS) is 17.0. The number of rotatable bonds is 3. The number of aromatic hydroxyl groups is 1. The Bertz CT molecular complexity index is 547. The molecule has 102 valence electrons. The molecule has 1 aromatic carbocycles. The molecule has 0 amide bonds. The molecule has 1 N–H and O–H groups in total. The highest BCUT2D eigenvalue weighted by atomic mass is 19.2. The average Bonchev–Trinajstić information content (AvgIpc) is 2.84. The van der Waals surface area contributed by atoms with Crippen molar-refractivity contribution < 1.29 is 23.4 Å². The molecule has 1 aliphatic carbocycles. The lowest BCUT2D eigenvalue weighted by atomic mass is 9.87. The van der Waals surface area contributed by atoms with E-state index in [0.717, 1.165) is 6.07 Å². The molecule has 0 atom stereocenters. The lowest BCUT2D eigenvalue weighted by molar-refractivity contribution is 0.335. The van der Waals surface area contributed by atoms with Crippen molar-refractivity contribution in [3.05, 3.63) is 23.3 Å². The van der Waals surface area contributed by atoms with E-state index in [-0.39, 0.29) is 11.3 Å². The minimum Gasteiger partial charge on any atom is -0.504 e. The second-order valence-electron chi connectivity index (χ2n) is 4.54. The van der Waals surface area contributed by atoms with Crippen LogP contribution < -0.4 is 4.74 Å². The minimum atomic E-state index is -1.24. The molecule has 1 saturated carbocycles. The smallest absolute Gasteiger partial charge is 0.235 e. The first-order valence-electron chi connectivity index (χ1n) is 5.90. The summed E-state index contributed by atoms with van der Waals surface area (Å²) in [4.78, 5) is 14.2. The van der Waals surface area contributed by atoms with E-state index in [1.165, 1.54) is 13.2 Å². The average molecular weight is 269 g/mol. The molecule has 6 heteroatoms. The number of ether oxygens (including phenoxy) is 1. The van der Waals surface area contributed by atoms with Crippen molar-refractivity contribution in [3.8, 4) is 11.5 Å². The van der Waals surface area contributed by atoms with E-state index in [1.807, 2.05) is 0 Å². The number of hydrogen-bond acceptors (Lipinski definition) is 4. The van der Waals surface area contributed by atoms with Gasteiger partial charge in [-0.05, 0) is 12.8 Å². The summed E-state index contributed by atoms with van der Waals surface area (Å²) < 4.78 is 32.4. The molecular formula is C13H13F2NO3. The van der Waals surface area contributed by atoms with Gasteiger partial charge in [0.2, 0.25) is 6.08 Å². The highest BCUT2D eigenvalue weighted by molar-refractivity contribution is 5.52. The first-order chi connectivity index (χ1) is 9.05. The van der Waals surface area contributed by atoms with E-state index in [2.05, 4.69) is 4.99 Å². The maximum atomic E-state index is 14.0. The summed E-state index contributed by atoms with van der Waals surface area (Å²) >= 11 is 0. The number of phenolic OH excluding ortho intramolecular Hbond substituents is 1. The number of halogens is 2. The van der Waals surface area contributed by atoms with Gasteiger partial charge in [-0.15, -0.1) is 0 Å². The van der Waals surface area contributed by atoms with Crippen LogP contribution in [0.1, 0.15) is 31.2 Å². The third kappa shape index (κ3) is 2.08. The minimum absolute atomic E-state index is 0.179. The standard InChI is InChI=1S/C13H13F2NO3/c1-19-9-6-8(14)11(15)10(12(9)18)13(16-7-17)4-2-3-5-13/h6,18H,2-5H2,1H3. The van der Waals surface area contributed by atoms with E-state index in [4.69, 9.17) is 4.74 Å². The number of aliphatic imine (C=N–C) groups is 1. The van der Waals surface area contributed by atoms with Gasteiger partial charge in [0.15, 0.2) is 23.1 Å². The summed E-state index contributed by atoms with van der Waals surface area (Å²) in [6, 6.07) is 0.765. The Morgan fingerprint density at radius 2 is 2.05 bits per heavy atom. The van der Waals surface area contributed by atoms with Gasteiger partial charge in [-0.2, -0.15) is 4.99 Å². The zero-order valence-corrected chi connectivity index (χ0v) is 10.4. The second-order valence-corrected chi connectivity index (χ2v) is 4.54. The summed E-state index contributed by atoms with van der Waals surface area (Å²) in [7, 11) is 1.24. The molecule has 19 heavy (non-hydrogen) atoms. The van der Waals surface area contributed by atoms with Gasteiger partial charge in [0.25, 0.3) is 0 Å². The van der Waals surface area contributed by atoms with Crippen LogP contribution in [0.2, 0.25) is 0 Å². The van der Waals surface area contributed by atoms with Crippen LogP contribution in [0.4, 0.5) is 8.78 Å². The van der Waals surface area contributed by atoms with Crippen molar-refractivity contribution >= 4 is 6.08 Å². The molecule has 0 bridgehead atoms. The molecule has 0 spiro atoms. The zero-order valence-electron chi connectivity index (χ0n) is 10.4. The van der Waals surface area contributed by atoms with Crippen LogP contribution in [0, 0.1) is 11.6 Å². The van der Waals surface area contributed by atoms with Crippen LogP contribution in [0.3, 0.4) is 0 Å². The molecule has 0 saturated heterocycles. The summed E-state index contributed by atoms with van der Waals surface area (Å²) in [6.45, 7) is 0. The quantitative estimate of drug-likeness (QED) is 0.678. The van der Waals surface area contributed by atoms with Gasteiger partial charge >= 0.3 is 0 Å². The van der Waals surface area contributed by atoms with Crippen LogP contribution in [0.15, 0.2) is 11.1 Å². The van der Waals surface area contributed by atoms with Crippen molar-refractivity contribution in [1.82, 2.24) is 0 Å². The van der Waals surface area contributed by atoms with Crippen molar-refractivity contribution in [2.75, 3.05) is 7.11 Å². The van der Waals surface area contributed by atoms with Gasteiger partial charge in [-0.1, -0.05) is 12.8 Å². The van der Waals surface area contributed by atoms with Crippen LogP contribution in [0.5, 0.6) is 11.5 Å². The Kier molecular flexibility index (Phi) is 3.53. The number of nitrogens with zero attached hydrogens (tertiary/aromatic N) is 1. The van der Waals surface area contributed by atoms with Crippen molar-refractivity contribution in [3.63, 3.8) is 0 Å². The lowest BCUT2D eigenvalue weighted by Gasteiger charge is -2.25. The van der Waals surface area contributed by atoms with Gasteiger partial charge in [0, 0.05) is 6.07 Å². The Hall–Kier alpha value is -1.94. The predicted octanol–water partition coefficient (Wildman–Crippen LogP) is 2.78. The van der Waals surface area contributed by atoms with Gasteiger partial charge in [-0.25, -0.2) is 13.6 Å². The maximum absolute atomic E-state index is 14.0. The first-order valence-corrected chi connectivity index (χ1v) is 5.90. The molecule has 1 fully saturated rings. The predicted molar refractivity (Wildman–Crippen MR) is 62.8 cm³/mol. The SMILES string of the molecule is COc1cc(F)c(F)c(C2(N=C=O)CCCC2)c1O. The highest BCUT2D eigenvalue weighted by Gasteiger charge is 2.42. The Labute approximate surface area is 108 Å². The van der Waals surface area contributed by atoms with E-state index in [1.54, 1.807) is 0 Å². The van der Waals surface area contributed by atoms with Crippen LogP contribution >= 0.6 is 0 Å². The molecular weight excluding hydrogens is 256 g/mol. The number of carbonyl (C=O) groups excluding carboxylic acids is 1. The molecule has 2 rings (SSSR count). The molecule has 4 nitrogen and oxygen atoms in total. The fraction of sp³-hybridized carbons (Fsp3) is 0.462. The largest absolute Gasteiger partial charge is 0.504 e. The Morgan fingerprint density at radius 1 is 1.42 bits per heavy atom. The summed E-state index contributed by atoms with van der Waals surface area (Å²) in [5.74, 6) is -3.03. The van der Waals surface area contributed by atoms with Crippen LogP contribution in [-0.4, -0.2) is 18.3 Å². The van der Waals surface area contributed by atoms with Crippen molar-refractivity contribution in [2.45, 2.75) is 31.2 Å². The van der Waals surface area contributed by atoms with E-state index >= 15 is 0 Å². The third-order valence-electron chi connectivity index (χ3n) is 3.53. The number of isocyanates is 1. The van der Waals surface area contributed by atoms with Crippen molar-refractivity contribution in [1.29, 1.82) is 0 Å². The molecule has 0 heterocycles. The summed E-state index contributed by atoms with van der Waals surface area (Å²) in [5, 5.41) is 10.0. The molecule has 0 unspecified atom stereocenters. The number of hydrogen-bond donors (Lipinski definition) is 1. The Balaban J connectivity index is 2.72. The monoisotopic (exact) mass is 269 g/mol. The van der Waals surface area contributed by atoms with Crippen LogP contribution in [0.25, 0.3) is 0 Å². The van der Waals surface area contributed by atoms with Gasteiger partial charge in [0.05, 0.1) is 12.7 Å². The highest BCUT2D eigenvalue weighted by Crippen LogP contribution is 2.49. The fourth-order valence-corrected chi connectivity index (χ4v) is 2.64.